The van der Waals surface area contributed by atoms with Gasteiger partial charge in [0.05, 0.1) is 18.5 Å². The summed E-state index contributed by atoms with van der Waals surface area (Å²) in [5, 5.41) is 1.41. The van der Waals surface area contributed by atoms with Crippen LogP contribution in [0.1, 0.15) is 35.7 Å². The number of hydrogen-bond acceptors (Lipinski definition) is 4. The van der Waals surface area contributed by atoms with Crippen molar-refractivity contribution in [2.75, 3.05) is 13.1 Å². The van der Waals surface area contributed by atoms with E-state index in [0.717, 1.165) is 45.1 Å². The summed E-state index contributed by atoms with van der Waals surface area (Å²) < 4.78 is 1.79. The van der Waals surface area contributed by atoms with Crippen LogP contribution in [0.25, 0.3) is 10.2 Å². The maximum Gasteiger partial charge on any atom is 0.262 e. The quantitative estimate of drug-likeness (QED) is 0.617. The Balaban J connectivity index is 2.19. The van der Waals surface area contributed by atoms with Crippen molar-refractivity contribution in [1.82, 2.24) is 14.5 Å². The lowest BCUT2D eigenvalue weighted by atomic mass is 10.2. The van der Waals surface area contributed by atoms with Crippen LogP contribution in [0.2, 0.25) is 5.02 Å². The molecular weight excluding hydrogens is 366 g/mol. The molecule has 3 aromatic rings. The van der Waals surface area contributed by atoms with Crippen molar-refractivity contribution in [1.29, 1.82) is 0 Å². The minimum absolute atomic E-state index is 0.0268. The Hall–Kier alpha value is -1.69. The van der Waals surface area contributed by atoms with Gasteiger partial charge >= 0.3 is 0 Å². The molecule has 0 aliphatic carbocycles. The Morgan fingerprint density at radius 2 is 1.88 bits per heavy atom. The Bertz CT molecular complexity index is 989. The molecule has 0 N–H and O–H groups in total. The molecule has 4 nitrogen and oxygen atoms in total. The molecule has 26 heavy (non-hydrogen) atoms. The summed E-state index contributed by atoms with van der Waals surface area (Å²) in [5.41, 5.74) is 1.99. The highest BCUT2D eigenvalue weighted by atomic mass is 35.5. The van der Waals surface area contributed by atoms with Crippen molar-refractivity contribution < 1.29 is 0 Å². The summed E-state index contributed by atoms with van der Waals surface area (Å²) in [6.45, 7) is 11.2. The molecule has 2 heterocycles. The van der Waals surface area contributed by atoms with E-state index in [-0.39, 0.29) is 5.56 Å². The van der Waals surface area contributed by atoms with Crippen LogP contribution in [-0.2, 0) is 13.1 Å². The van der Waals surface area contributed by atoms with Crippen LogP contribution in [0.3, 0.4) is 0 Å². The molecule has 2 aromatic heterocycles. The number of fused-ring (bicyclic) bond motifs is 1. The van der Waals surface area contributed by atoms with Gasteiger partial charge in [-0.2, -0.15) is 0 Å². The molecule has 0 spiro atoms. The smallest absolute Gasteiger partial charge is 0.262 e. The molecule has 0 aliphatic rings. The Morgan fingerprint density at radius 3 is 2.54 bits per heavy atom. The van der Waals surface area contributed by atoms with E-state index in [1.807, 2.05) is 38.1 Å². The Kier molecular flexibility index (Phi) is 5.80. The first-order valence-corrected chi connectivity index (χ1v) is 10.1. The molecule has 0 saturated carbocycles. The molecule has 3 rings (SSSR count). The predicted octanol–water partition coefficient (Wildman–Crippen LogP) is 4.62. The number of hydrogen-bond donors (Lipinski definition) is 0. The molecule has 1 aromatic carbocycles. The van der Waals surface area contributed by atoms with Crippen LogP contribution in [0, 0.1) is 13.8 Å². The fourth-order valence-electron chi connectivity index (χ4n) is 3.10. The molecule has 0 fully saturated rings. The highest BCUT2D eigenvalue weighted by Crippen LogP contribution is 2.27. The minimum atomic E-state index is 0.0268. The van der Waals surface area contributed by atoms with Gasteiger partial charge in [0.15, 0.2) is 0 Å². The minimum Gasteiger partial charge on any atom is -0.297 e. The zero-order chi connectivity index (χ0) is 18.8. The fraction of sp³-hybridized carbons (Fsp3) is 0.400. The number of rotatable bonds is 6. The van der Waals surface area contributed by atoms with Crippen molar-refractivity contribution >= 4 is 33.2 Å². The zero-order valence-corrected chi connectivity index (χ0v) is 17.2. The first-order chi connectivity index (χ1) is 12.5. The first-order valence-electron chi connectivity index (χ1n) is 8.91. The molecule has 138 valence electrons. The number of halogens is 1. The molecule has 0 aliphatic heterocycles. The Labute approximate surface area is 163 Å². The van der Waals surface area contributed by atoms with E-state index >= 15 is 0 Å². The van der Waals surface area contributed by atoms with Crippen LogP contribution >= 0.6 is 22.9 Å². The highest BCUT2D eigenvalue weighted by Gasteiger charge is 2.18. The molecule has 0 saturated heterocycles. The van der Waals surface area contributed by atoms with E-state index in [1.165, 1.54) is 0 Å². The van der Waals surface area contributed by atoms with Crippen molar-refractivity contribution in [3.05, 3.63) is 61.5 Å². The molecule has 0 unspecified atom stereocenters. The third-order valence-electron chi connectivity index (χ3n) is 4.91. The van der Waals surface area contributed by atoms with E-state index in [4.69, 9.17) is 16.6 Å². The lowest BCUT2D eigenvalue weighted by Gasteiger charge is -2.20. The maximum absolute atomic E-state index is 13.3. The molecule has 0 radical (unpaired) electrons. The predicted molar refractivity (Wildman–Crippen MR) is 111 cm³/mol. The highest BCUT2D eigenvalue weighted by molar-refractivity contribution is 7.18. The summed E-state index contributed by atoms with van der Waals surface area (Å²) in [5.74, 6) is 0.798. The normalized spacial score (nSPS) is 11.6. The SMILES string of the molecule is CCN(CC)Cc1nc2sc(C)c(C)c2c(=O)n1Cc1ccccc1Cl. The first kappa shape index (κ1) is 19.1. The van der Waals surface area contributed by atoms with Crippen LogP contribution in [0.15, 0.2) is 29.1 Å². The largest absolute Gasteiger partial charge is 0.297 e. The third-order valence-corrected chi connectivity index (χ3v) is 6.38. The lowest BCUT2D eigenvalue weighted by molar-refractivity contribution is 0.282. The van der Waals surface area contributed by atoms with Crippen LogP contribution in [0.4, 0.5) is 0 Å². The van der Waals surface area contributed by atoms with Crippen molar-refractivity contribution in [2.24, 2.45) is 0 Å². The number of benzene rings is 1. The third kappa shape index (κ3) is 3.56. The summed E-state index contributed by atoms with van der Waals surface area (Å²) >= 11 is 7.95. The lowest BCUT2D eigenvalue weighted by Crippen LogP contribution is -2.31. The molecular formula is C20H24ClN3OS. The number of aromatic nitrogens is 2. The van der Waals surface area contributed by atoms with Gasteiger partial charge < -0.3 is 0 Å². The maximum atomic E-state index is 13.3. The molecule has 6 heteroatoms. The van der Waals surface area contributed by atoms with Crippen molar-refractivity contribution in [2.45, 2.75) is 40.8 Å². The molecule has 0 bridgehead atoms. The van der Waals surface area contributed by atoms with Gasteiger partial charge in [-0.1, -0.05) is 43.6 Å². The van der Waals surface area contributed by atoms with Gasteiger partial charge in [0, 0.05) is 9.90 Å². The van der Waals surface area contributed by atoms with E-state index < -0.39 is 0 Å². The van der Waals surface area contributed by atoms with E-state index in [0.29, 0.717) is 18.1 Å². The summed E-state index contributed by atoms with van der Waals surface area (Å²) in [6, 6.07) is 7.67. The van der Waals surface area contributed by atoms with Crippen LogP contribution in [0.5, 0.6) is 0 Å². The van der Waals surface area contributed by atoms with Crippen LogP contribution in [-0.4, -0.2) is 27.5 Å². The average molecular weight is 390 g/mol. The van der Waals surface area contributed by atoms with E-state index in [9.17, 15) is 4.79 Å². The average Bonchev–Trinajstić information content (AvgIpc) is 2.91. The number of aryl methyl sites for hydroxylation is 2. The van der Waals surface area contributed by atoms with E-state index in [2.05, 4.69) is 18.7 Å². The monoisotopic (exact) mass is 389 g/mol. The van der Waals surface area contributed by atoms with Gasteiger partial charge in [0.2, 0.25) is 0 Å². The zero-order valence-electron chi connectivity index (χ0n) is 15.7. The topological polar surface area (TPSA) is 38.1 Å². The van der Waals surface area contributed by atoms with E-state index in [1.54, 1.807) is 15.9 Å². The molecule has 0 amide bonds. The summed E-state index contributed by atoms with van der Waals surface area (Å²) in [6.07, 6.45) is 0. The number of thiophene rings is 1. The van der Waals surface area contributed by atoms with Crippen molar-refractivity contribution in [3.63, 3.8) is 0 Å². The summed E-state index contributed by atoms with van der Waals surface area (Å²) in [7, 11) is 0. The van der Waals surface area contributed by atoms with Crippen LogP contribution < -0.4 is 5.56 Å². The van der Waals surface area contributed by atoms with Gasteiger partial charge in [0.25, 0.3) is 5.56 Å². The second kappa shape index (κ2) is 7.91. The van der Waals surface area contributed by atoms with Gasteiger partial charge in [-0.3, -0.25) is 14.3 Å². The standard InChI is InChI=1S/C20H24ClN3OS/c1-5-23(6-2)12-17-22-19-18(13(3)14(4)26-19)20(25)24(17)11-15-9-7-8-10-16(15)21/h7-10H,5-6,11-12H2,1-4H3. The Morgan fingerprint density at radius 1 is 1.19 bits per heavy atom. The van der Waals surface area contributed by atoms with Gasteiger partial charge in [-0.25, -0.2) is 4.98 Å². The van der Waals surface area contributed by atoms with Gasteiger partial charge in [-0.15, -0.1) is 11.3 Å². The fourth-order valence-corrected chi connectivity index (χ4v) is 4.33. The van der Waals surface area contributed by atoms with Gasteiger partial charge in [0.1, 0.15) is 10.7 Å². The summed E-state index contributed by atoms with van der Waals surface area (Å²) in [4.78, 5) is 22.5. The second-order valence-electron chi connectivity index (χ2n) is 6.44. The number of nitrogens with zero attached hydrogens (tertiary/aromatic N) is 3. The second-order valence-corrected chi connectivity index (χ2v) is 8.05. The van der Waals surface area contributed by atoms with Gasteiger partial charge in [-0.05, 0) is 44.1 Å². The van der Waals surface area contributed by atoms with Crippen molar-refractivity contribution in [3.8, 4) is 0 Å². The molecule has 0 atom stereocenters.